The lowest BCUT2D eigenvalue weighted by Gasteiger charge is -2.59. The third kappa shape index (κ3) is 2.17. The molecule has 0 spiro atoms. The van der Waals surface area contributed by atoms with Gasteiger partial charge in [0.05, 0.1) is 3.79 Å². The van der Waals surface area contributed by atoms with Crippen molar-refractivity contribution in [1.82, 2.24) is 5.32 Å². The van der Waals surface area contributed by atoms with Crippen LogP contribution in [0.25, 0.3) is 0 Å². The fraction of sp³-hybridized carbons (Fsp3) is 0.750. The van der Waals surface area contributed by atoms with Crippen LogP contribution >= 0.6 is 43.2 Å². The predicted molar refractivity (Wildman–Crippen MR) is 92.1 cm³/mol. The van der Waals surface area contributed by atoms with Gasteiger partial charge in [-0.2, -0.15) is 0 Å². The fourth-order valence-corrected chi connectivity index (χ4v) is 8.13. The minimum atomic E-state index is 0.535. The van der Waals surface area contributed by atoms with E-state index in [2.05, 4.69) is 50.3 Å². The van der Waals surface area contributed by atoms with Gasteiger partial charge in [-0.1, -0.05) is 0 Å². The standard InChI is InChI=1S/C16H21Br2NS/c1-19-14(13-5-12(17)15(18)20-13)16-6-9-2-10(7-16)4-11(3-9)8-16/h5,9-11,14,19H,2-4,6-8H2,1H3. The average Bonchev–Trinajstić information content (AvgIpc) is 2.67. The van der Waals surface area contributed by atoms with Crippen LogP contribution in [0.5, 0.6) is 0 Å². The topological polar surface area (TPSA) is 12.0 Å². The molecule has 1 aromatic heterocycles. The van der Waals surface area contributed by atoms with Crippen molar-refractivity contribution in [1.29, 1.82) is 0 Å². The Kier molecular flexibility index (Phi) is 3.61. The lowest BCUT2D eigenvalue weighted by Crippen LogP contribution is -2.51. The van der Waals surface area contributed by atoms with Crippen LogP contribution < -0.4 is 5.32 Å². The molecular formula is C16H21Br2NS. The Balaban J connectivity index is 1.70. The molecule has 1 unspecified atom stereocenters. The molecule has 1 N–H and O–H groups in total. The van der Waals surface area contributed by atoms with E-state index < -0.39 is 0 Å². The highest BCUT2D eigenvalue weighted by molar-refractivity contribution is 9.13. The van der Waals surface area contributed by atoms with Gasteiger partial charge < -0.3 is 5.32 Å². The van der Waals surface area contributed by atoms with Crippen LogP contribution in [-0.4, -0.2) is 7.05 Å². The summed E-state index contributed by atoms with van der Waals surface area (Å²) in [6.45, 7) is 0. The summed E-state index contributed by atoms with van der Waals surface area (Å²) >= 11 is 9.23. The molecule has 1 aromatic rings. The number of rotatable bonds is 3. The van der Waals surface area contributed by atoms with Gasteiger partial charge in [-0.25, -0.2) is 0 Å². The first-order valence-electron chi connectivity index (χ1n) is 7.71. The first-order chi connectivity index (χ1) is 9.59. The molecule has 0 aromatic carbocycles. The van der Waals surface area contributed by atoms with E-state index in [1.807, 2.05) is 11.3 Å². The van der Waals surface area contributed by atoms with Crippen molar-refractivity contribution in [3.05, 3.63) is 19.2 Å². The molecule has 0 amide bonds. The van der Waals surface area contributed by atoms with Crippen LogP contribution in [0, 0.1) is 23.2 Å². The third-order valence-electron chi connectivity index (χ3n) is 5.94. The van der Waals surface area contributed by atoms with Crippen molar-refractivity contribution >= 4 is 43.2 Å². The number of halogens is 2. The van der Waals surface area contributed by atoms with E-state index in [-0.39, 0.29) is 0 Å². The highest BCUT2D eigenvalue weighted by Gasteiger charge is 2.54. The molecule has 20 heavy (non-hydrogen) atoms. The van der Waals surface area contributed by atoms with Gasteiger partial charge in [-0.05, 0) is 107 Å². The minimum Gasteiger partial charge on any atom is -0.312 e. The van der Waals surface area contributed by atoms with Gasteiger partial charge in [0, 0.05) is 15.4 Å². The van der Waals surface area contributed by atoms with E-state index >= 15 is 0 Å². The zero-order valence-electron chi connectivity index (χ0n) is 11.8. The Labute approximate surface area is 142 Å². The Morgan fingerprint density at radius 3 is 2.10 bits per heavy atom. The van der Waals surface area contributed by atoms with Crippen LogP contribution in [0.15, 0.2) is 14.3 Å². The molecule has 4 heteroatoms. The number of hydrogen-bond donors (Lipinski definition) is 1. The molecule has 0 saturated heterocycles. The summed E-state index contributed by atoms with van der Waals surface area (Å²) in [6.07, 6.45) is 8.93. The van der Waals surface area contributed by atoms with E-state index in [9.17, 15) is 0 Å². The SMILES string of the molecule is CNC(c1cc(Br)c(Br)s1)C12CC3CC(CC(C3)C1)C2. The molecule has 1 nitrogen and oxygen atoms in total. The fourth-order valence-electron chi connectivity index (χ4n) is 5.79. The van der Waals surface area contributed by atoms with E-state index in [4.69, 9.17) is 0 Å². The molecule has 110 valence electrons. The molecule has 1 heterocycles. The van der Waals surface area contributed by atoms with Crippen LogP contribution in [0.2, 0.25) is 0 Å². The quantitative estimate of drug-likeness (QED) is 0.658. The molecule has 0 radical (unpaired) electrons. The Hall–Kier alpha value is 0.620. The number of hydrogen-bond acceptors (Lipinski definition) is 2. The summed E-state index contributed by atoms with van der Waals surface area (Å²) < 4.78 is 2.44. The maximum absolute atomic E-state index is 3.68. The van der Waals surface area contributed by atoms with Crippen molar-refractivity contribution < 1.29 is 0 Å². The predicted octanol–water partition coefficient (Wildman–Crippen LogP) is 5.75. The maximum atomic E-state index is 3.68. The number of thiophene rings is 1. The second-order valence-electron chi connectivity index (χ2n) is 7.27. The van der Waals surface area contributed by atoms with Gasteiger partial charge in [0.15, 0.2) is 0 Å². The summed E-state index contributed by atoms with van der Waals surface area (Å²) in [5.74, 6) is 3.05. The first-order valence-corrected chi connectivity index (χ1v) is 10.1. The van der Waals surface area contributed by atoms with E-state index in [0.29, 0.717) is 11.5 Å². The molecule has 4 aliphatic carbocycles. The van der Waals surface area contributed by atoms with Crippen LogP contribution in [0.3, 0.4) is 0 Å². The molecular weight excluding hydrogens is 398 g/mol. The van der Waals surface area contributed by atoms with Crippen molar-refractivity contribution in [3.63, 3.8) is 0 Å². The average molecular weight is 419 g/mol. The largest absolute Gasteiger partial charge is 0.312 e. The zero-order valence-corrected chi connectivity index (χ0v) is 15.8. The molecule has 4 aliphatic rings. The Morgan fingerprint density at radius 1 is 1.15 bits per heavy atom. The summed E-state index contributed by atoms with van der Waals surface area (Å²) in [6, 6.07) is 2.87. The highest BCUT2D eigenvalue weighted by Crippen LogP contribution is 2.64. The molecule has 1 atom stereocenters. The summed E-state index contributed by atoms with van der Waals surface area (Å²) in [5, 5.41) is 3.68. The van der Waals surface area contributed by atoms with Crippen LogP contribution in [-0.2, 0) is 0 Å². The van der Waals surface area contributed by atoms with Gasteiger partial charge in [0.2, 0.25) is 0 Å². The first kappa shape index (κ1) is 14.2. The molecule has 4 fully saturated rings. The summed E-state index contributed by atoms with van der Waals surface area (Å²) in [5.41, 5.74) is 0.535. The van der Waals surface area contributed by atoms with Gasteiger partial charge in [-0.15, -0.1) is 11.3 Å². The number of nitrogens with one attached hydrogen (secondary N) is 1. The molecule has 4 saturated carbocycles. The van der Waals surface area contributed by atoms with Gasteiger partial charge >= 0.3 is 0 Å². The van der Waals surface area contributed by atoms with E-state index in [0.717, 1.165) is 17.8 Å². The van der Waals surface area contributed by atoms with Gasteiger partial charge in [-0.3, -0.25) is 0 Å². The summed E-state index contributed by atoms with van der Waals surface area (Å²) in [4.78, 5) is 1.51. The zero-order chi connectivity index (χ0) is 13.9. The summed E-state index contributed by atoms with van der Waals surface area (Å²) in [7, 11) is 2.16. The normalized spacial score (nSPS) is 40.2. The Morgan fingerprint density at radius 2 is 1.70 bits per heavy atom. The van der Waals surface area contributed by atoms with Gasteiger partial charge in [0.1, 0.15) is 0 Å². The second-order valence-corrected chi connectivity index (χ2v) is 10.5. The molecule has 5 rings (SSSR count). The second kappa shape index (κ2) is 5.07. The van der Waals surface area contributed by atoms with Crippen molar-refractivity contribution in [3.8, 4) is 0 Å². The third-order valence-corrected chi connectivity index (χ3v) is 9.26. The van der Waals surface area contributed by atoms with E-state index in [1.54, 1.807) is 0 Å². The Bertz CT molecular complexity index is 470. The highest BCUT2D eigenvalue weighted by atomic mass is 79.9. The van der Waals surface area contributed by atoms with E-state index in [1.165, 1.54) is 51.7 Å². The molecule has 4 bridgehead atoms. The smallest absolute Gasteiger partial charge is 0.0843 e. The van der Waals surface area contributed by atoms with Crippen molar-refractivity contribution in [2.75, 3.05) is 7.05 Å². The van der Waals surface area contributed by atoms with Crippen LogP contribution in [0.4, 0.5) is 0 Å². The molecule has 0 aliphatic heterocycles. The minimum absolute atomic E-state index is 0.535. The van der Waals surface area contributed by atoms with Crippen molar-refractivity contribution in [2.45, 2.75) is 44.6 Å². The van der Waals surface area contributed by atoms with Gasteiger partial charge in [0.25, 0.3) is 0 Å². The lowest BCUT2D eigenvalue weighted by atomic mass is 9.47. The lowest BCUT2D eigenvalue weighted by molar-refractivity contribution is -0.0729. The van der Waals surface area contributed by atoms with Crippen molar-refractivity contribution in [2.24, 2.45) is 23.2 Å². The van der Waals surface area contributed by atoms with Crippen LogP contribution in [0.1, 0.15) is 49.4 Å². The maximum Gasteiger partial charge on any atom is 0.0843 e. The monoisotopic (exact) mass is 417 g/mol.